The number of anilines is 4. The molecule has 194 valence electrons. The predicted molar refractivity (Wildman–Crippen MR) is 142 cm³/mol. The summed E-state index contributed by atoms with van der Waals surface area (Å²) in [7, 11) is 5.72. The number of nitrogen functional groups attached to an aromatic ring is 1. The van der Waals surface area contributed by atoms with Gasteiger partial charge in [0.15, 0.2) is 5.75 Å². The number of aromatic nitrogens is 3. The van der Waals surface area contributed by atoms with E-state index in [0.717, 1.165) is 23.0 Å². The number of ether oxygens (including phenoxy) is 1. The number of halogens is 2. The number of hydrogen-bond acceptors (Lipinski definition) is 8. The Bertz CT molecular complexity index is 1420. The highest BCUT2D eigenvalue weighted by Gasteiger charge is 2.18. The molecule has 0 spiro atoms. The van der Waals surface area contributed by atoms with Crippen LogP contribution in [0.1, 0.15) is 11.7 Å². The predicted octanol–water partition coefficient (Wildman–Crippen LogP) is 4.68. The Hall–Kier alpha value is -4.25. The van der Waals surface area contributed by atoms with Crippen molar-refractivity contribution >= 4 is 39.8 Å². The lowest BCUT2D eigenvalue weighted by Crippen LogP contribution is -2.29. The molecule has 0 radical (unpaired) electrons. The summed E-state index contributed by atoms with van der Waals surface area (Å²) in [5.41, 5.74) is 9.47. The summed E-state index contributed by atoms with van der Waals surface area (Å²) >= 11 is 0. The van der Waals surface area contributed by atoms with Gasteiger partial charge in [-0.25, -0.2) is 9.97 Å². The molecule has 2 aromatic heterocycles. The van der Waals surface area contributed by atoms with Gasteiger partial charge < -0.3 is 25.6 Å². The van der Waals surface area contributed by atoms with E-state index >= 15 is 0 Å². The zero-order chi connectivity index (χ0) is 26.7. The maximum Gasteiger partial charge on any atom is 0.387 e. The summed E-state index contributed by atoms with van der Waals surface area (Å²) in [5, 5.41) is 3.81. The van der Waals surface area contributed by atoms with E-state index < -0.39 is 6.61 Å². The van der Waals surface area contributed by atoms with Crippen molar-refractivity contribution in [3.8, 4) is 17.0 Å². The average Bonchev–Trinajstić information content (AvgIpc) is 3.24. The Morgan fingerprint density at radius 1 is 1.16 bits per heavy atom. The minimum absolute atomic E-state index is 0.0851. The minimum atomic E-state index is -3.03. The van der Waals surface area contributed by atoms with Gasteiger partial charge in [0, 0.05) is 56.5 Å². The molecule has 0 atom stereocenters. The average molecular weight is 510 g/mol. The van der Waals surface area contributed by atoms with Gasteiger partial charge in [0.05, 0.1) is 28.3 Å². The van der Waals surface area contributed by atoms with Gasteiger partial charge in [-0.15, -0.1) is 0 Å². The van der Waals surface area contributed by atoms with Crippen molar-refractivity contribution in [3.63, 3.8) is 0 Å². The van der Waals surface area contributed by atoms with Crippen LogP contribution in [0.15, 0.2) is 54.9 Å². The number of fused-ring (bicyclic) bond motifs is 1. The molecule has 0 bridgehead atoms. The molecule has 9 nitrogen and oxygen atoms in total. The van der Waals surface area contributed by atoms with Crippen molar-refractivity contribution in [2.45, 2.75) is 13.5 Å². The maximum absolute atomic E-state index is 13.3. The van der Waals surface area contributed by atoms with Gasteiger partial charge in [0.2, 0.25) is 11.9 Å². The van der Waals surface area contributed by atoms with E-state index in [1.807, 2.05) is 55.2 Å². The Labute approximate surface area is 213 Å². The van der Waals surface area contributed by atoms with Gasteiger partial charge in [-0.3, -0.25) is 9.36 Å². The summed E-state index contributed by atoms with van der Waals surface area (Å²) in [5.74, 6) is -0.0581. The highest BCUT2D eigenvalue weighted by molar-refractivity contribution is 6.00. The van der Waals surface area contributed by atoms with Crippen LogP contribution in [0.3, 0.4) is 0 Å². The molecular formula is C26H29F2N7O2. The van der Waals surface area contributed by atoms with E-state index in [1.165, 1.54) is 19.1 Å². The molecule has 0 aliphatic heterocycles. The molecular weight excluding hydrogens is 480 g/mol. The number of carbonyl (C=O) groups excluding carboxylic acids is 1. The molecule has 2 aromatic carbocycles. The van der Waals surface area contributed by atoms with Crippen LogP contribution in [0.25, 0.3) is 22.2 Å². The fourth-order valence-electron chi connectivity index (χ4n) is 4.01. The van der Waals surface area contributed by atoms with E-state index in [9.17, 15) is 13.6 Å². The van der Waals surface area contributed by atoms with E-state index in [-0.39, 0.29) is 23.3 Å². The second-order valence-electron chi connectivity index (χ2n) is 8.85. The van der Waals surface area contributed by atoms with Crippen LogP contribution in [0, 0.1) is 0 Å². The molecule has 4 rings (SSSR count). The molecule has 0 fully saturated rings. The lowest BCUT2D eigenvalue weighted by atomic mass is 10.1. The van der Waals surface area contributed by atoms with Crippen LogP contribution in [-0.4, -0.2) is 66.2 Å². The van der Waals surface area contributed by atoms with Crippen LogP contribution >= 0.6 is 0 Å². The standard InChI is InChI=1S/C26H29F2N7O2/c1-16(36)35-15-18(17-7-5-6-8-22(17)35)20-9-10-30-26(31-20)32-21-13-19(29)23(14-24(21)37-25(27)28)34(4)12-11-33(2)3/h5-10,13-15,25H,11-12,29H2,1-4H3,(H,30,31,32). The number of likely N-dealkylation sites (N-methyl/N-ethyl adjacent to an activating group) is 2. The van der Waals surface area contributed by atoms with Crippen molar-refractivity contribution in [3.05, 3.63) is 54.9 Å². The van der Waals surface area contributed by atoms with Crippen molar-refractivity contribution in [2.24, 2.45) is 0 Å². The number of rotatable bonds is 9. The van der Waals surface area contributed by atoms with Crippen LogP contribution in [-0.2, 0) is 0 Å². The fraction of sp³-hybridized carbons (Fsp3) is 0.269. The summed E-state index contributed by atoms with van der Waals surface area (Å²) in [6.07, 6.45) is 3.27. The second kappa shape index (κ2) is 10.8. The van der Waals surface area contributed by atoms with Crippen molar-refractivity contribution in [1.29, 1.82) is 0 Å². The van der Waals surface area contributed by atoms with Crippen LogP contribution < -0.4 is 20.7 Å². The smallest absolute Gasteiger partial charge is 0.387 e. The topological polar surface area (TPSA) is 102 Å². The normalized spacial score (nSPS) is 11.4. The SMILES string of the molecule is CC(=O)n1cc(-c2ccnc(Nc3cc(N)c(N(C)CCN(C)C)cc3OC(F)F)n2)c2ccccc21. The monoisotopic (exact) mass is 509 g/mol. The first-order valence-electron chi connectivity index (χ1n) is 11.6. The zero-order valence-corrected chi connectivity index (χ0v) is 21.1. The molecule has 11 heteroatoms. The summed E-state index contributed by atoms with van der Waals surface area (Å²) in [6.45, 7) is -0.160. The van der Waals surface area contributed by atoms with Gasteiger partial charge >= 0.3 is 6.61 Å². The third-order valence-electron chi connectivity index (χ3n) is 5.87. The number of carbonyl (C=O) groups is 1. The van der Waals surface area contributed by atoms with Crippen molar-refractivity contribution in [2.75, 3.05) is 50.2 Å². The van der Waals surface area contributed by atoms with E-state index in [1.54, 1.807) is 23.0 Å². The van der Waals surface area contributed by atoms with Crippen molar-refractivity contribution < 1.29 is 18.3 Å². The minimum Gasteiger partial charge on any atom is -0.433 e. The number of benzene rings is 2. The number of nitrogens with one attached hydrogen (secondary N) is 1. The first-order valence-corrected chi connectivity index (χ1v) is 11.6. The largest absolute Gasteiger partial charge is 0.433 e. The molecule has 3 N–H and O–H groups in total. The highest BCUT2D eigenvalue weighted by atomic mass is 19.3. The van der Waals surface area contributed by atoms with Gasteiger partial charge in [-0.1, -0.05) is 18.2 Å². The number of para-hydroxylation sites is 1. The molecule has 0 saturated carbocycles. The van der Waals surface area contributed by atoms with Crippen LogP contribution in [0.4, 0.5) is 31.8 Å². The quantitative estimate of drug-likeness (QED) is 0.314. The lowest BCUT2D eigenvalue weighted by Gasteiger charge is -2.24. The Morgan fingerprint density at radius 2 is 1.92 bits per heavy atom. The lowest BCUT2D eigenvalue weighted by molar-refractivity contribution is -0.0493. The number of nitrogens with two attached hydrogens (primary N) is 1. The fourth-order valence-corrected chi connectivity index (χ4v) is 4.01. The van der Waals surface area contributed by atoms with Gasteiger partial charge in [-0.2, -0.15) is 8.78 Å². The molecule has 0 aliphatic rings. The molecule has 4 aromatic rings. The Balaban J connectivity index is 1.69. The van der Waals surface area contributed by atoms with Crippen LogP contribution in [0.5, 0.6) is 5.75 Å². The number of nitrogens with zero attached hydrogens (tertiary/aromatic N) is 5. The van der Waals surface area contributed by atoms with Crippen molar-refractivity contribution in [1.82, 2.24) is 19.4 Å². The third kappa shape index (κ3) is 5.78. The van der Waals surface area contributed by atoms with Crippen LogP contribution in [0.2, 0.25) is 0 Å². The number of alkyl halides is 2. The highest BCUT2D eigenvalue weighted by Crippen LogP contribution is 2.37. The van der Waals surface area contributed by atoms with Gasteiger partial charge in [-0.05, 0) is 32.3 Å². The Morgan fingerprint density at radius 3 is 2.62 bits per heavy atom. The molecule has 0 saturated heterocycles. The van der Waals surface area contributed by atoms with Gasteiger partial charge in [0.25, 0.3) is 0 Å². The summed E-state index contributed by atoms with van der Waals surface area (Å²) in [4.78, 5) is 24.8. The molecule has 0 aliphatic carbocycles. The Kier molecular flexibility index (Phi) is 7.53. The van der Waals surface area contributed by atoms with E-state index in [4.69, 9.17) is 10.5 Å². The first-order chi connectivity index (χ1) is 17.6. The summed E-state index contributed by atoms with van der Waals surface area (Å²) in [6, 6.07) is 12.2. The van der Waals surface area contributed by atoms with Gasteiger partial charge in [0.1, 0.15) is 0 Å². The molecule has 37 heavy (non-hydrogen) atoms. The number of hydrogen-bond donors (Lipinski definition) is 2. The third-order valence-corrected chi connectivity index (χ3v) is 5.87. The second-order valence-corrected chi connectivity index (χ2v) is 8.85. The molecule has 0 amide bonds. The molecule has 2 heterocycles. The van der Waals surface area contributed by atoms with E-state index in [2.05, 4.69) is 15.3 Å². The zero-order valence-electron chi connectivity index (χ0n) is 21.1. The molecule has 0 unspecified atom stereocenters. The summed E-state index contributed by atoms with van der Waals surface area (Å²) < 4.78 is 32.9. The van der Waals surface area contributed by atoms with E-state index in [0.29, 0.717) is 23.6 Å². The maximum atomic E-state index is 13.3. The first kappa shape index (κ1) is 25.8.